The SMILES string of the molecule is CC.CC.Cc1cc2c(Nc3ccc(Cl)c(Cl)c3F)ncnc2cc1OC1CCOC1. The third kappa shape index (κ3) is 5.97. The molecule has 8 heteroatoms. The van der Waals surface area contributed by atoms with E-state index in [0.717, 1.165) is 23.1 Å². The van der Waals surface area contributed by atoms with Gasteiger partial charge in [0.1, 0.15) is 24.0 Å². The molecule has 5 nitrogen and oxygen atoms in total. The number of halogens is 3. The Morgan fingerprint density at radius 2 is 1.87 bits per heavy atom. The summed E-state index contributed by atoms with van der Waals surface area (Å²) < 4.78 is 25.7. The maximum atomic E-state index is 14.4. The molecule has 1 N–H and O–H groups in total. The molecule has 0 radical (unpaired) electrons. The maximum Gasteiger partial charge on any atom is 0.166 e. The summed E-state index contributed by atoms with van der Waals surface area (Å²) in [6.07, 6.45) is 2.33. The standard InChI is InChI=1S/C19H16Cl2FN3O2.2C2H6/c1-10-6-12-15(7-16(10)27-11-4-5-26-8-11)23-9-24-19(12)25-14-3-2-13(20)17(21)18(14)22;2*1-2/h2-3,6-7,9,11H,4-5,8H2,1H3,(H,23,24,25);2*1-2H3. The van der Waals surface area contributed by atoms with Crippen LogP contribution in [0.15, 0.2) is 30.6 Å². The number of ether oxygens (including phenoxy) is 2. The number of hydrogen-bond acceptors (Lipinski definition) is 5. The number of anilines is 2. The van der Waals surface area contributed by atoms with Crippen LogP contribution >= 0.6 is 23.2 Å². The van der Waals surface area contributed by atoms with Gasteiger partial charge in [0.25, 0.3) is 0 Å². The van der Waals surface area contributed by atoms with Gasteiger partial charge in [-0.15, -0.1) is 0 Å². The lowest BCUT2D eigenvalue weighted by molar-refractivity contribution is 0.141. The fourth-order valence-corrected chi connectivity index (χ4v) is 3.26. The van der Waals surface area contributed by atoms with Crippen LogP contribution in [0.25, 0.3) is 10.9 Å². The molecule has 31 heavy (non-hydrogen) atoms. The summed E-state index contributed by atoms with van der Waals surface area (Å²) in [5.74, 6) is 0.591. The smallest absolute Gasteiger partial charge is 0.166 e. The molecule has 3 aromatic rings. The first-order chi connectivity index (χ1) is 15.0. The lowest BCUT2D eigenvalue weighted by atomic mass is 10.1. The van der Waals surface area contributed by atoms with Gasteiger partial charge in [0.15, 0.2) is 5.82 Å². The summed E-state index contributed by atoms with van der Waals surface area (Å²) in [7, 11) is 0. The van der Waals surface area contributed by atoms with E-state index in [2.05, 4.69) is 15.3 Å². The number of fused-ring (bicyclic) bond motifs is 1. The number of benzene rings is 2. The monoisotopic (exact) mass is 467 g/mol. The van der Waals surface area contributed by atoms with Gasteiger partial charge in [-0.2, -0.15) is 0 Å². The Labute approximate surface area is 192 Å². The van der Waals surface area contributed by atoms with Gasteiger partial charge in [0.05, 0.1) is 34.5 Å². The zero-order chi connectivity index (χ0) is 23.0. The quantitative estimate of drug-likeness (QED) is 0.406. The molecule has 0 bridgehead atoms. The van der Waals surface area contributed by atoms with Crippen molar-refractivity contribution in [3.05, 3.63) is 52.0 Å². The van der Waals surface area contributed by atoms with Crippen LogP contribution in [-0.2, 0) is 4.74 Å². The second-order valence-electron chi connectivity index (χ2n) is 6.31. The first-order valence-electron chi connectivity index (χ1n) is 10.4. The van der Waals surface area contributed by atoms with E-state index in [9.17, 15) is 4.39 Å². The van der Waals surface area contributed by atoms with Gasteiger partial charge in [-0.1, -0.05) is 50.9 Å². The van der Waals surface area contributed by atoms with E-state index < -0.39 is 5.82 Å². The average molecular weight is 468 g/mol. The van der Waals surface area contributed by atoms with Gasteiger partial charge in [0, 0.05) is 17.9 Å². The van der Waals surface area contributed by atoms with Gasteiger partial charge in [-0.25, -0.2) is 14.4 Å². The van der Waals surface area contributed by atoms with Crippen molar-refractivity contribution in [1.82, 2.24) is 9.97 Å². The second-order valence-corrected chi connectivity index (χ2v) is 7.09. The van der Waals surface area contributed by atoms with Crippen molar-refractivity contribution in [3.63, 3.8) is 0 Å². The minimum atomic E-state index is -0.631. The Bertz CT molecular complexity index is 1010. The molecule has 1 unspecified atom stereocenters. The number of rotatable bonds is 4. The van der Waals surface area contributed by atoms with Crippen molar-refractivity contribution in [2.45, 2.75) is 47.1 Å². The van der Waals surface area contributed by atoms with Crippen LogP contribution in [0.2, 0.25) is 10.0 Å². The normalized spacial score (nSPS) is 14.9. The van der Waals surface area contributed by atoms with Gasteiger partial charge < -0.3 is 14.8 Å². The number of nitrogens with zero attached hydrogens (tertiary/aromatic N) is 2. The van der Waals surface area contributed by atoms with Crippen LogP contribution in [0.4, 0.5) is 15.9 Å². The molecule has 4 rings (SSSR count). The van der Waals surface area contributed by atoms with Crippen molar-refractivity contribution in [2.75, 3.05) is 18.5 Å². The van der Waals surface area contributed by atoms with Crippen LogP contribution in [0, 0.1) is 12.7 Å². The molecule has 0 amide bonds. The van der Waals surface area contributed by atoms with Crippen molar-refractivity contribution in [1.29, 1.82) is 0 Å². The first kappa shape index (κ1) is 25.1. The highest BCUT2D eigenvalue weighted by atomic mass is 35.5. The van der Waals surface area contributed by atoms with Gasteiger partial charge in [0.2, 0.25) is 0 Å². The highest BCUT2D eigenvalue weighted by molar-refractivity contribution is 6.42. The maximum absolute atomic E-state index is 14.4. The number of aryl methyl sites for hydroxylation is 1. The van der Waals surface area contributed by atoms with E-state index in [-0.39, 0.29) is 21.8 Å². The minimum absolute atomic E-state index is 0.0471. The first-order valence-corrected chi connectivity index (χ1v) is 11.2. The highest BCUT2D eigenvalue weighted by Gasteiger charge is 2.19. The Balaban J connectivity index is 0.000000807. The average Bonchev–Trinajstić information content (AvgIpc) is 3.31. The number of nitrogens with one attached hydrogen (secondary N) is 1. The Kier molecular flexibility index (Phi) is 9.75. The van der Waals surface area contributed by atoms with E-state index in [1.54, 1.807) is 0 Å². The highest BCUT2D eigenvalue weighted by Crippen LogP contribution is 2.34. The minimum Gasteiger partial charge on any atom is -0.488 e. The van der Waals surface area contributed by atoms with E-state index in [1.165, 1.54) is 18.5 Å². The van der Waals surface area contributed by atoms with Gasteiger partial charge in [-0.3, -0.25) is 0 Å². The van der Waals surface area contributed by atoms with Gasteiger partial charge >= 0.3 is 0 Å². The molecule has 1 aliphatic rings. The summed E-state index contributed by atoms with van der Waals surface area (Å²) in [6, 6.07) is 6.82. The molecule has 0 spiro atoms. The molecule has 168 valence electrons. The summed E-state index contributed by atoms with van der Waals surface area (Å²) in [5, 5.41) is 3.74. The fourth-order valence-electron chi connectivity index (χ4n) is 2.95. The molecule has 1 aliphatic heterocycles. The van der Waals surface area contributed by atoms with E-state index in [1.807, 2.05) is 46.8 Å². The summed E-state index contributed by atoms with van der Waals surface area (Å²) in [4.78, 5) is 8.55. The molecule has 1 aromatic heterocycles. The van der Waals surface area contributed by atoms with Crippen molar-refractivity contribution < 1.29 is 13.9 Å². The third-order valence-electron chi connectivity index (χ3n) is 4.40. The van der Waals surface area contributed by atoms with E-state index in [0.29, 0.717) is 24.5 Å². The molecule has 2 heterocycles. The fraction of sp³-hybridized carbons (Fsp3) is 0.391. The van der Waals surface area contributed by atoms with Crippen molar-refractivity contribution in [3.8, 4) is 5.75 Å². The third-order valence-corrected chi connectivity index (χ3v) is 5.18. The zero-order valence-corrected chi connectivity index (χ0v) is 19.9. The largest absolute Gasteiger partial charge is 0.488 e. The van der Waals surface area contributed by atoms with Gasteiger partial charge in [-0.05, 0) is 30.7 Å². The molecule has 0 aliphatic carbocycles. The molecular formula is C23H28Cl2FN3O2. The molecule has 1 fully saturated rings. The van der Waals surface area contributed by atoms with Crippen LogP contribution in [0.5, 0.6) is 5.75 Å². The van der Waals surface area contributed by atoms with Crippen LogP contribution in [0.3, 0.4) is 0 Å². The molecule has 2 aromatic carbocycles. The van der Waals surface area contributed by atoms with E-state index >= 15 is 0 Å². The predicted octanol–water partition coefficient (Wildman–Crippen LogP) is 7.35. The molecule has 1 saturated heterocycles. The molecule has 0 saturated carbocycles. The Hall–Kier alpha value is -2.15. The summed E-state index contributed by atoms with van der Waals surface area (Å²) in [5.41, 5.74) is 1.81. The Morgan fingerprint density at radius 3 is 2.55 bits per heavy atom. The van der Waals surface area contributed by atoms with Crippen molar-refractivity contribution >= 4 is 45.6 Å². The number of hydrogen-bond donors (Lipinski definition) is 1. The predicted molar refractivity (Wildman–Crippen MR) is 127 cm³/mol. The van der Waals surface area contributed by atoms with Crippen molar-refractivity contribution in [2.24, 2.45) is 0 Å². The molecular weight excluding hydrogens is 440 g/mol. The number of aromatic nitrogens is 2. The molecule has 1 atom stereocenters. The van der Waals surface area contributed by atoms with E-state index in [4.69, 9.17) is 32.7 Å². The van der Waals surface area contributed by atoms with Crippen LogP contribution < -0.4 is 10.1 Å². The van der Waals surface area contributed by atoms with Crippen LogP contribution in [0.1, 0.15) is 39.7 Å². The van der Waals surface area contributed by atoms with Crippen LogP contribution in [-0.4, -0.2) is 29.3 Å². The zero-order valence-electron chi connectivity index (χ0n) is 18.4. The second kappa shape index (κ2) is 12.0. The lowest BCUT2D eigenvalue weighted by Crippen LogP contribution is -2.16. The topological polar surface area (TPSA) is 56.3 Å². The Morgan fingerprint density at radius 1 is 1.13 bits per heavy atom. The summed E-state index contributed by atoms with van der Waals surface area (Å²) in [6.45, 7) is 11.2. The lowest BCUT2D eigenvalue weighted by Gasteiger charge is -2.16. The summed E-state index contributed by atoms with van der Waals surface area (Å²) >= 11 is 11.7.